The maximum Gasteiger partial charge on any atom is 0.335 e. The van der Waals surface area contributed by atoms with Crippen LogP contribution in [-0.2, 0) is 10.0 Å². The molecule has 29 heavy (non-hydrogen) atoms. The molecule has 4 N–H and O–H groups in total. The number of anilines is 1. The Bertz CT molecular complexity index is 1250. The molecule has 10 heteroatoms. The number of fused-ring (bicyclic) bond motifs is 1. The average Bonchev–Trinajstić information content (AvgIpc) is 2.65. The van der Waals surface area contributed by atoms with E-state index < -0.39 is 22.0 Å². The molecule has 0 saturated carbocycles. The summed E-state index contributed by atoms with van der Waals surface area (Å²) in [5.41, 5.74) is -0.442. The smallest absolute Gasteiger partial charge is 0.335 e. The summed E-state index contributed by atoms with van der Waals surface area (Å²) in [5.74, 6) is -2.83. The number of carbonyl (C=O) groups is 2. The zero-order valence-corrected chi connectivity index (χ0v) is 16.4. The second kappa shape index (κ2) is 7.26. The predicted molar refractivity (Wildman–Crippen MR) is 107 cm³/mol. The first-order valence-electron chi connectivity index (χ1n) is 8.06. The van der Waals surface area contributed by atoms with Gasteiger partial charge in [-0.15, -0.1) is 0 Å². The lowest BCUT2D eigenvalue weighted by Gasteiger charge is -2.12. The van der Waals surface area contributed by atoms with Crippen LogP contribution in [0.3, 0.4) is 0 Å². The van der Waals surface area contributed by atoms with Crippen molar-refractivity contribution in [2.45, 2.75) is 11.8 Å². The van der Waals surface area contributed by atoms with E-state index in [1.165, 1.54) is 24.3 Å². The van der Waals surface area contributed by atoms with E-state index in [9.17, 15) is 23.1 Å². The minimum atomic E-state index is -4.19. The van der Waals surface area contributed by atoms with Crippen molar-refractivity contribution in [1.29, 1.82) is 0 Å². The molecule has 8 nitrogen and oxygen atoms in total. The third kappa shape index (κ3) is 3.96. The monoisotopic (exact) mass is 435 g/mol. The van der Waals surface area contributed by atoms with Crippen molar-refractivity contribution < 1.29 is 33.3 Å². The summed E-state index contributed by atoms with van der Waals surface area (Å²) in [6.07, 6.45) is 0. The molecule has 0 spiro atoms. The van der Waals surface area contributed by atoms with Crippen LogP contribution in [0.2, 0.25) is 5.02 Å². The highest BCUT2D eigenvalue weighted by atomic mass is 35.5. The van der Waals surface area contributed by atoms with Crippen molar-refractivity contribution in [3.05, 3.63) is 64.2 Å². The van der Waals surface area contributed by atoms with Gasteiger partial charge in [0.25, 0.3) is 10.0 Å². The molecule has 3 rings (SSSR count). The van der Waals surface area contributed by atoms with E-state index in [0.29, 0.717) is 16.3 Å². The van der Waals surface area contributed by atoms with Crippen LogP contribution in [0, 0.1) is 6.92 Å². The summed E-state index contributed by atoms with van der Waals surface area (Å²) in [5, 5.41) is 29.2. The van der Waals surface area contributed by atoms with Crippen LogP contribution < -0.4 is 4.72 Å². The molecule has 0 bridgehead atoms. The van der Waals surface area contributed by atoms with Gasteiger partial charge in [-0.25, -0.2) is 18.0 Å². The van der Waals surface area contributed by atoms with E-state index in [1.54, 1.807) is 6.92 Å². The fraction of sp³-hybridized carbons (Fsp3) is 0.0526. The van der Waals surface area contributed by atoms with Crippen LogP contribution in [0.1, 0.15) is 26.3 Å². The number of rotatable bonds is 5. The van der Waals surface area contributed by atoms with Gasteiger partial charge in [0.2, 0.25) is 0 Å². The number of phenolic OH excluding ortho intramolecular Hbond substituents is 1. The van der Waals surface area contributed by atoms with Crippen LogP contribution in [-0.4, -0.2) is 35.7 Å². The van der Waals surface area contributed by atoms with Crippen molar-refractivity contribution in [2.75, 3.05) is 4.72 Å². The lowest BCUT2D eigenvalue weighted by Crippen LogP contribution is -2.14. The van der Waals surface area contributed by atoms with Gasteiger partial charge in [-0.3, -0.25) is 4.72 Å². The predicted octanol–water partition coefficient (Wildman–Crippen LogP) is 3.70. The van der Waals surface area contributed by atoms with Crippen molar-refractivity contribution in [2.24, 2.45) is 0 Å². The van der Waals surface area contributed by atoms with Crippen LogP contribution in [0.15, 0.2) is 47.4 Å². The SMILES string of the molecule is Cc1c(O)cc(Cl)c2cc(S(=O)(=O)Nc3cc(C(=O)O)cc(C(=O)O)c3)ccc12. The number of nitrogens with one attached hydrogen (secondary N) is 1. The Balaban J connectivity index is 2.09. The number of aryl methyl sites for hydroxylation is 1. The highest BCUT2D eigenvalue weighted by Gasteiger charge is 2.19. The standard InChI is InChI=1S/C19H14ClNO7S/c1-9-14-3-2-13(7-15(14)16(20)8-17(9)22)29(27,28)21-12-5-10(18(23)24)4-11(6-12)19(25)26/h2-8,21-22H,1H3,(H,23,24)(H,25,26). The maximum absolute atomic E-state index is 12.8. The van der Waals surface area contributed by atoms with E-state index in [1.807, 2.05) is 0 Å². The molecule has 0 aliphatic heterocycles. The van der Waals surface area contributed by atoms with Crippen LogP contribution in [0.4, 0.5) is 5.69 Å². The second-order valence-corrected chi connectivity index (χ2v) is 8.31. The van der Waals surface area contributed by atoms with E-state index in [2.05, 4.69) is 4.72 Å². The normalized spacial score (nSPS) is 11.4. The Morgan fingerprint density at radius 3 is 2.07 bits per heavy atom. The number of aromatic carboxylic acids is 2. The number of carboxylic acids is 2. The van der Waals surface area contributed by atoms with Gasteiger partial charge in [0, 0.05) is 5.39 Å². The molecule has 0 atom stereocenters. The van der Waals surface area contributed by atoms with Crippen molar-refractivity contribution in [1.82, 2.24) is 0 Å². The first-order chi connectivity index (χ1) is 13.5. The summed E-state index contributed by atoms with van der Waals surface area (Å²) < 4.78 is 27.7. The highest BCUT2D eigenvalue weighted by Crippen LogP contribution is 2.34. The van der Waals surface area contributed by atoms with Gasteiger partial charge >= 0.3 is 11.9 Å². The van der Waals surface area contributed by atoms with Crippen molar-refractivity contribution in [3.63, 3.8) is 0 Å². The number of phenols is 1. The first kappa shape index (κ1) is 20.4. The number of halogens is 1. The minimum absolute atomic E-state index is 0.0251. The third-order valence-corrected chi connectivity index (χ3v) is 5.98. The molecule has 0 aliphatic carbocycles. The van der Waals surface area contributed by atoms with Gasteiger partial charge < -0.3 is 15.3 Å². The molecule has 0 aliphatic rings. The number of aromatic hydroxyl groups is 1. The second-order valence-electron chi connectivity index (χ2n) is 6.22. The summed E-state index contributed by atoms with van der Waals surface area (Å²) in [6, 6.07) is 8.36. The van der Waals surface area contributed by atoms with Gasteiger partial charge in [-0.2, -0.15) is 0 Å². The van der Waals surface area contributed by atoms with Crippen LogP contribution >= 0.6 is 11.6 Å². The Morgan fingerprint density at radius 2 is 1.52 bits per heavy atom. The van der Waals surface area contributed by atoms with Gasteiger partial charge in [0.05, 0.1) is 26.7 Å². The quantitative estimate of drug-likeness (QED) is 0.478. The van der Waals surface area contributed by atoms with E-state index in [0.717, 1.165) is 18.2 Å². The van der Waals surface area contributed by atoms with E-state index in [-0.39, 0.29) is 32.5 Å². The summed E-state index contributed by atoms with van der Waals surface area (Å²) in [4.78, 5) is 22.2. The Hall–Kier alpha value is -3.30. The van der Waals surface area contributed by atoms with Crippen molar-refractivity contribution >= 4 is 50.0 Å². The lowest BCUT2D eigenvalue weighted by molar-refractivity contribution is 0.0696. The molecule has 0 fully saturated rings. The van der Waals surface area contributed by atoms with Crippen LogP contribution in [0.25, 0.3) is 10.8 Å². The Morgan fingerprint density at radius 1 is 0.931 bits per heavy atom. The minimum Gasteiger partial charge on any atom is -0.508 e. The number of benzene rings is 3. The number of hydrogen-bond acceptors (Lipinski definition) is 5. The number of sulfonamides is 1. The Labute approximate surface area is 170 Å². The van der Waals surface area contributed by atoms with Gasteiger partial charge in [0.1, 0.15) is 5.75 Å². The fourth-order valence-corrected chi connectivity index (χ4v) is 4.13. The Kier molecular flexibility index (Phi) is 5.12. The molecule has 3 aromatic rings. The van der Waals surface area contributed by atoms with Crippen LogP contribution in [0.5, 0.6) is 5.75 Å². The molecular weight excluding hydrogens is 422 g/mol. The zero-order chi connectivity index (χ0) is 21.5. The first-order valence-corrected chi connectivity index (χ1v) is 9.92. The summed E-state index contributed by atoms with van der Waals surface area (Å²) in [6.45, 7) is 1.66. The molecule has 0 amide bonds. The van der Waals surface area contributed by atoms with Gasteiger partial charge in [0.15, 0.2) is 0 Å². The molecule has 0 saturated heterocycles. The molecule has 0 radical (unpaired) electrons. The number of carboxylic acid groups (broad SMARTS) is 2. The van der Waals surface area contributed by atoms with Crippen molar-refractivity contribution in [3.8, 4) is 5.75 Å². The topological polar surface area (TPSA) is 141 Å². The largest absolute Gasteiger partial charge is 0.508 e. The highest BCUT2D eigenvalue weighted by molar-refractivity contribution is 7.92. The third-order valence-electron chi connectivity index (χ3n) is 4.29. The molecule has 0 aromatic heterocycles. The average molecular weight is 436 g/mol. The number of hydrogen-bond donors (Lipinski definition) is 4. The molecule has 3 aromatic carbocycles. The lowest BCUT2D eigenvalue weighted by atomic mass is 10.0. The molecule has 150 valence electrons. The molecule has 0 unspecified atom stereocenters. The van der Waals surface area contributed by atoms with Gasteiger partial charge in [-0.1, -0.05) is 17.7 Å². The zero-order valence-electron chi connectivity index (χ0n) is 14.8. The summed E-state index contributed by atoms with van der Waals surface area (Å²) in [7, 11) is -4.19. The van der Waals surface area contributed by atoms with Gasteiger partial charge in [-0.05, 0) is 54.3 Å². The van der Waals surface area contributed by atoms with E-state index >= 15 is 0 Å². The molecule has 0 heterocycles. The van der Waals surface area contributed by atoms with E-state index in [4.69, 9.17) is 21.8 Å². The fourth-order valence-electron chi connectivity index (χ4n) is 2.81. The maximum atomic E-state index is 12.8. The summed E-state index contributed by atoms with van der Waals surface area (Å²) >= 11 is 6.12. The molecular formula is C19H14ClNO7S.